The molecule has 10 heteroatoms. The lowest BCUT2D eigenvalue weighted by Gasteiger charge is -2.25. The molecule has 1 unspecified atom stereocenters. The van der Waals surface area contributed by atoms with Crippen molar-refractivity contribution in [1.29, 1.82) is 0 Å². The van der Waals surface area contributed by atoms with Crippen LogP contribution in [0.2, 0.25) is 0 Å². The van der Waals surface area contributed by atoms with Gasteiger partial charge in [-0.15, -0.1) is 0 Å². The predicted molar refractivity (Wildman–Crippen MR) is 213 cm³/mol. The van der Waals surface area contributed by atoms with Crippen molar-refractivity contribution in [2.45, 2.75) is 174 Å². The summed E-state index contributed by atoms with van der Waals surface area (Å²) in [6.07, 6.45) is 34.5. The summed E-state index contributed by atoms with van der Waals surface area (Å²) in [5, 5.41) is 13.7. The smallest absolute Gasteiger partial charge is 0.387 e. The molecular formula is C41H78N2O7P+. The summed E-state index contributed by atoms with van der Waals surface area (Å²) >= 11 is 0. The zero-order valence-electron chi connectivity index (χ0n) is 33.3. The number of phosphoric ester groups is 1. The van der Waals surface area contributed by atoms with Crippen molar-refractivity contribution in [2.24, 2.45) is 0 Å². The first-order valence-corrected chi connectivity index (χ1v) is 21.8. The van der Waals surface area contributed by atoms with Crippen molar-refractivity contribution in [2.75, 3.05) is 40.9 Å². The predicted octanol–water partition coefficient (Wildman–Crippen LogP) is 9.92. The maximum absolute atomic E-state index is 12.8. The molecule has 0 aromatic rings. The van der Waals surface area contributed by atoms with Gasteiger partial charge in [0.25, 0.3) is 0 Å². The molecule has 0 aromatic heterocycles. The zero-order chi connectivity index (χ0) is 38.1. The van der Waals surface area contributed by atoms with E-state index in [0.29, 0.717) is 23.9 Å². The summed E-state index contributed by atoms with van der Waals surface area (Å²) < 4.78 is 23.4. The number of quaternary nitrogens is 1. The monoisotopic (exact) mass is 742 g/mol. The molecule has 0 saturated heterocycles. The summed E-state index contributed by atoms with van der Waals surface area (Å²) in [4.78, 5) is 35.1. The summed E-state index contributed by atoms with van der Waals surface area (Å²) in [7, 11) is 1.49. The molecule has 0 rings (SSSR count). The van der Waals surface area contributed by atoms with Gasteiger partial charge in [0.05, 0.1) is 39.9 Å². The fourth-order valence-corrected chi connectivity index (χ4v) is 6.23. The Morgan fingerprint density at radius 1 is 0.706 bits per heavy atom. The third-order valence-electron chi connectivity index (χ3n) is 8.83. The number of aliphatic hydroxyl groups is 1. The maximum Gasteiger partial charge on any atom is 0.472 e. The second kappa shape index (κ2) is 33.0. The van der Waals surface area contributed by atoms with Gasteiger partial charge in [0.1, 0.15) is 13.2 Å². The summed E-state index contributed by atoms with van der Waals surface area (Å²) in [6.45, 7) is 4.63. The molecule has 1 amide bonds. The number of carbonyl (C=O) groups excluding carboxylic acids is 2. The van der Waals surface area contributed by atoms with Crippen molar-refractivity contribution in [3.63, 3.8) is 0 Å². The average Bonchev–Trinajstić information content (AvgIpc) is 3.07. The number of aliphatic hydroxyl groups excluding tert-OH is 1. The average molecular weight is 742 g/mol. The SMILES string of the molecule is CCCCC/C=C\C=C\C(=O)CCCCCCCC(=O)N[C@@H](COP(=O)(O)OCC[N+](C)(C)C)[C@H](O)/C=C/CCCCCCCCCCCCC. The molecule has 0 heterocycles. The highest BCUT2D eigenvalue weighted by Crippen LogP contribution is 2.43. The first-order chi connectivity index (χ1) is 24.4. The van der Waals surface area contributed by atoms with Crippen LogP contribution in [0, 0.1) is 0 Å². The van der Waals surface area contributed by atoms with Crippen molar-refractivity contribution < 1.29 is 37.7 Å². The molecule has 9 nitrogen and oxygen atoms in total. The van der Waals surface area contributed by atoms with E-state index >= 15 is 0 Å². The van der Waals surface area contributed by atoms with Crippen molar-refractivity contribution >= 4 is 19.5 Å². The third kappa shape index (κ3) is 35.2. The van der Waals surface area contributed by atoms with Gasteiger partial charge in [-0.05, 0) is 44.6 Å². The Morgan fingerprint density at radius 2 is 1.22 bits per heavy atom. The highest BCUT2D eigenvalue weighted by atomic mass is 31.2. The molecule has 0 aliphatic heterocycles. The second-order valence-electron chi connectivity index (χ2n) is 15.0. The van der Waals surface area contributed by atoms with Crippen molar-refractivity contribution in [3.05, 3.63) is 36.5 Å². The van der Waals surface area contributed by atoms with Gasteiger partial charge in [0.15, 0.2) is 5.78 Å². The largest absolute Gasteiger partial charge is 0.472 e. The number of likely N-dealkylation sites (N-methyl/N-ethyl adjacent to an activating group) is 1. The Hall–Kier alpha value is -1.61. The number of hydrogen-bond acceptors (Lipinski definition) is 6. The van der Waals surface area contributed by atoms with Gasteiger partial charge in [0, 0.05) is 12.8 Å². The standard InChI is InChI=1S/C41H77N2O7P/c1-6-8-10-12-14-15-16-17-18-19-21-25-29-33-40(45)39(37-50-51(47,48)49-36-35-43(3,4)5)42-41(46)34-30-26-22-24-28-32-38(44)31-27-23-20-13-11-9-7-2/h20,23,27,29,31,33,39-40,45H,6-19,21-22,24-26,28,30,32,34-37H2,1-5H3,(H-,42,46,47,48)/p+1/b23-20-,31-27+,33-29+/t39-,40+/m0/s1. The molecule has 51 heavy (non-hydrogen) atoms. The van der Waals surface area contributed by atoms with Crippen LogP contribution in [-0.2, 0) is 23.2 Å². The van der Waals surface area contributed by atoms with E-state index in [9.17, 15) is 24.2 Å². The number of hydrogen-bond donors (Lipinski definition) is 3. The van der Waals surface area contributed by atoms with E-state index in [1.54, 1.807) is 12.2 Å². The number of nitrogens with one attached hydrogen (secondary N) is 1. The fourth-order valence-electron chi connectivity index (χ4n) is 5.49. The molecule has 0 aliphatic carbocycles. The number of unbranched alkanes of at least 4 members (excludes halogenated alkanes) is 18. The van der Waals surface area contributed by atoms with Gasteiger partial charge in [0.2, 0.25) is 5.91 Å². The number of rotatable bonds is 36. The number of allylic oxidation sites excluding steroid dienone is 5. The normalized spacial score (nSPS) is 14.8. The van der Waals surface area contributed by atoms with Crippen molar-refractivity contribution in [3.8, 4) is 0 Å². The molecule has 0 fully saturated rings. The Labute approximate surface area is 312 Å². The van der Waals surface area contributed by atoms with Crippen LogP contribution in [0.3, 0.4) is 0 Å². The van der Waals surface area contributed by atoms with Crippen LogP contribution in [0.4, 0.5) is 0 Å². The van der Waals surface area contributed by atoms with Gasteiger partial charge >= 0.3 is 7.82 Å². The Kier molecular flexibility index (Phi) is 32.0. The van der Waals surface area contributed by atoms with Gasteiger partial charge in [-0.1, -0.05) is 141 Å². The summed E-state index contributed by atoms with van der Waals surface area (Å²) in [6, 6.07) is -0.890. The zero-order valence-corrected chi connectivity index (χ0v) is 34.2. The van der Waals surface area contributed by atoms with Gasteiger partial charge in [-0.2, -0.15) is 0 Å². The minimum atomic E-state index is -4.36. The molecule has 0 aromatic carbocycles. The molecule has 3 N–H and O–H groups in total. The molecule has 0 bridgehead atoms. The molecule has 3 atom stereocenters. The highest BCUT2D eigenvalue weighted by Gasteiger charge is 2.27. The maximum atomic E-state index is 12.8. The molecule has 0 radical (unpaired) electrons. The number of carbonyl (C=O) groups is 2. The lowest BCUT2D eigenvalue weighted by atomic mass is 10.0. The summed E-state index contributed by atoms with van der Waals surface area (Å²) in [5.41, 5.74) is 0. The van der Waals surface area contributed by atoms with Gasteiger partial charge in [-0.3, -0.25) is 18.6 Å². The van der Waals surface area contributed by atoms with E-state index in [1.807, 2.05) is 39.4 Å². The molecular weight excluding hydrogens is 663 g/mol. The van der Waals surface area contributed by atoms with Gasteiger partial charge < -0.3 is 19.8 Å². The highest BCUT2D eigenvalue weighted by molar-refractivity contribution is 7.47. The third-order valence-corrected chi connectivity index (χ3v) is 9.81. The number of phosphoric acid groups is 1. The van der Waals surface area contributed by atoms with E-state index in [2.05, 4.69) is 25.2 Å². The molecule has 0 aliphatic rings. The van der Waals surface area contributed by atoms with Crippen molar-refractivity contribution in [1.82, 2.24) is 5.32 Å². The molecule has 298 valence electrons. The topological polar surface area (TPSA) is 122 Å². The number of amides is 1. The van der Waals surface area contributed by atoms with E-state index in [1.165, 1.54) is 77.0 Å². The van der Waals surface area contributed by atoms with Crippen LogP contribution < -0.4 is 5.32 Å². The first-order valence-electron chi connectivity index (χ1n) is 20.3. The minimum Gasteiger partial charge on any atom is -0.387 e. The Bertz CT molecular complexity index is 993. The van der Waals surface area contributed by atoms with E-state index in [0.717, 1.165) is 51.4 Å². The van der Waals surface area contributed by atoms with Crippen LogP contribution >= 0.6 is 7.82 Å². The summed E-state index contributed by atoms with van der Waals surface area (Å²) in [5.74, 6) is -0.110. The van der Waals surface area contributed by atoms with E-state index in [-0.39, 0.29) is 31.3 Å². The minimum absolute atomic E-state index is 0.0388. The fraction of sp³-hybridized carbons (Fsp3) is 0.805. The van der Waals surface area contributed by atoms with Crippen LogP contribution in [0.15, 0.2) is 36.5 Å². The van der Waals surface area contributed by atoms with E-state index in [4.69, 9.17) is 9.05 Å². The van der Waals surface area contributed by atoms with Crippen LogP contribution in [0.25, 0.3) is 0 Å². The van der Waals surface area contributed by atoms with Crippen LogP contribution in [-0.4, -0.2) is 79.2 Å². The second-order valence-corrected chi connectivity index (χ2v) is 16.5. The molecule has 0 saturated carbocycles. The Morgan fingerprint density at radius 3 is 1.82 bits per heavy atom. The quantitative estimate of drug-likeness (QED) is 0.0146. The lowest BCUT2D eigenvalue weighted by molar-refractivity contribution is -0.870. The first kappa shape index (κ1) is 49.4. The molecule has 0 spiro atoms. The Balaban J connectivity index is 4.60. The van der Waals surface area contributed by atoms with Crippen LogP contribution in [0.5, 0.6) is 0 Å². The van der Waals surface area contributed by atoms with E-state index < -0.39 is 20.0 Å². The number of ketones is 1. The number of nitrogens with zero attached hydrogens (tertiary/aromatic N) is 1. The van der Waals surface area contributed by atoms with Gasteiger partial charge in [-0.25, -0.2) is 4.57 Å². The lowest BCUT2D eigenvalue weighted by Crippen LogP contribution is -2.45. The van der Waals surface area contributed by atoms with Crippen LogP contribution in [0.1, 0.15) is 162 Å².